The Morgan fingerprint density at radius 2 is 1.93 bits per heavy atom. The third kappa shape index (κ3) is 2.80. The molecule has 0 radical (unpaired) electrons. The second-order valence-corrected chi connectivity index (χ2v) is 6.74. The van der Waals surface area contributed by atoms with Gasteiger partial charge in [-0.2, -0.15) is 0 Å². The van der Waals surface area contributed by atoms with Gasteiger partial charge in [0.2, 0.25) is 0 Å². The quantitative estimate of drug-likeness (QED) is 0.850. The summed E-state index contributed by atoms with van der Waals surface area (Å²) in [5, 5.41) is 4.99. The summed E-state index contributed by atoms with van der Waals surface area (Å²) in [5.41, 5.74) is 5.51. The standard InChI is InChI=1S/C20H18FN3O3/c21-14-3-1-2-12(8-14)15-11-22-24-19(25)10-16(23-20(15)24)13-4-5-17-18(9-13)27-7-6-26-17/h1-5,8-10,15,20,22-23H,6-7,11H2. The molecule has 1 fully saturated rings. The van der Waals surface area contributed by atoms with Crippen LogP contribution in [0, 0.1) is 5.82 Å². The van der Waals surface area contributed by atoms with Gasteiger partial charge in [0.05, 0.1) is 0 Å². The van der Waals surface area contributed by atoms with Gasteiger partial charge in [0.1, 0.15) is 25.2 Å². The number of carbonyl (C=O) groups excluding carboxylic acids is 1. The molecule has 1 amide bonds. The zero-order chi connectivity index (χ0) is 18.4. The zero-order valence-corrected chi connectivity index (χ0v) is 14.4. The molecule has 27 heavy (non-hydrogen) atoms. The molecule has 2 atom stereocenters. The van der Waals surface area contributed by atoms with E-state index in [1.54, 1.807) is 17.2 Å². The number of hydrazine groups is 1. The van der Waals surface area contributed by atoms with Crippen molar-refractivity contribution in [3.05, 3.63) is 65.5 Å². The number of nitrogens with zero attached hydrogens (tertiary/aromatic N) is 1. The number of fused-ring (bicyclic) bond motifs is 2. The summed E-state index contributed by atoms with van der Waals surface area (Å²) in [6.45, 7) is 1.59. The Labute approximate surface area is 155 Å². The van der Waals surface area contributed by atoms with Crippen LogP contribution in [0.2, 0.25) is 0 Å². The summed E-state index contributed by atoms with van der Waals surface area (Å²) in [5.74, 6) is 0.890. The number of halogens is 1. The lowest BCUT2D eigenvalue weighted by atomic mass is 9.95. The lowest BCUT2D eigenvalue weighted by Crippen LogP contribution is -2.52. The van der Waals surface area contributed by atoms with Gasteiger partial charge in [0, 0.05) is 29.8 Å². The molecule has 138 valence electrons. The number of benzene rings is 2. The van der Waals surface area contributed by atoms with Crippen LogP contribution in [0.25, 0.3) is 5.70 Å². The van der Waals surface area contributed by atoms with Crippen LogP contribution in [0.3, 0.4) is 0 Å². The van der Waals surface area contributed by atoms with Gasteiger partial charge < -0.3 is 14.8 Å². The molecule has 2 aromatic rings. The molecule has 2 unspecified atom stereocenters. The Morgan fingerprint density at radius 1 is 1.07 bits per heavy atom. The highest BCUT2D eigenvalue weighted by Crippen LogP contribution is 2.35. The maximum Gasteiger partial charge on any atom is 0.264 e. The number of rotatable bonds is 2. The van der Waals surface area contributed by atoms with Crippen LogP contribution >= 0.6 is 0 Å². The predicted octanol–water partition coefficient (Wildman–Crippen LogP) is 2.00. The van der Waals surface area contributed by atoms with E-state index in [1.807, 2.05) is 24.3 Å². The predicted molar refractivity (Wildman–Crippen MR) is 96.3 cm³/mol. The number of amides is 1. The Hall–Kier alpha value is -3.06. The second kappa shape index (κ2) is 6.28. The third-order valence-electron chi connectivity index (χ3n) is 5.08. The number of nitrogens with one attached hydrogen (secondary N) is 2. The van der Waals surface area contributed by atoms with Crippen molar-refractivity contribution in [2.75, 3.05) is 19.8 Å². The summed E-state index contributed by atoms with van der Waals surface area (Å²) < 4.78 is 24.9. The van der Waals surface area contributed by atoms with Crippen molar-refractivity contribution in [3.8, 4) is 11.5 Å². The molecule has 3 heterocycles. The first kappa shape index (κ1) is 16.1. The van der Waals surface area contributed by atoms with Crippen molar-refractivity contribution in [2.24, 2.45) is 0 Å². The maximum atomic E-state index is 13.7. The van der Waals surface area contributed by atoms with Crippen LogP contribution in [0.1, 0.15) is 17.0 Å². The average molecular weight is 367 g/mol. The van der Waals surface area contributed by atoms with Gasteiger partial charge in [0.25, 0.3) is 5.91 Å². The first-order valence-corrected chi connectivity index (χ1v) is 8.89. The summed E-state index contributed by atoms with van der Waals surface area (Å²) >= 11 is 0. The van der Waals surface area contributed by atoms with E-state index in [4.69, 9.17) is 9.47 Å². The fraction of sp³-hybridized carbons (Fsp3) is 0.250. The number of ether oxygens (including phenoxy) is 2. The van der Waals surface area contributed by atoms with Crippen molar-refractivity contribution in [1.29, 1.82) is 0 Å². The van der Waals surface area contributed by atoms with Crippen LogP contribution in [0.4, 0.5) is 4.39 Å². The van der Waals surface area contributed by atoms with Gasteiger partial charge in [-0.25, -0.2) is 9.82 Å². The Balaban J connectivity index is 1.46. The minimum Gasteiger partial charge on any atom is -0.486 e. The molecule has 0 aliphatic carbocycles. The molecule has 0 spiro atoms. The Morgan fingerprint density at radius 3 is 2.78 bits per heavy atom. The largest absolute Gasteiger partial charge is 0.486 e. The van der Waals surface area contributed by atoms with Crippen LogP contribution in [-0.4, -0.2) is 36.8 Å². The molecule has 6 nitrogen and oxygen atoms in total. The van der Waals surface area contributed by atoms with Crippen molar-refractivity contribution >= 4 is 11.6 Å². The molecule has 0 saturated carbocycles. The number of hydrogen-bond donors (Lipinski definition) is 2. The Kier molecular flexibility index (Phi) is 3.75. The first-order valence-electron chi connectivity index (χ1n) is 8.89. The van der Waals surface area contributed by atoms with E-state index < -0.39 is 0 Å². The van der Waals surface area contributed by atoms with E-state index >= 15 is 0 Å². The summed E-state index contributed by atoms with van der Waals surface area (Å²) in [4.78, 5) is 12.6. The highest BCUT2D eigenvalue weighted by molar-refractivity contribution is 5.97. The zero-order valence-electron chi connectivity index (χ0n) is 14.4. The van der Waals surface area contributed by atoms with Crippen molar-refractivity contribution in [1.82, 2.24) is 15.8 Å². The second-order valence-electron chi connectivity index (χ2n) is 6.74. The lowest BCUT2D eigenvalue weighted by molar-refractivity contribution is -0.130. The van der Waals surface area contributed by atoms with Crippen molar-refractivity contribution in [2.45, 2.75) is 12.1 Å². The van der Waals surface area contributed by atoms with E-state index in [1.165, 1.54) is 12.1 Å². The monoisotopic (exact) mass is 367 g/mol. The van der Waals surface area contributed by atoms with Gasteiger partial charge in [-0.1, -0.05) is 12.1 Å². The van der Waals surface area contributed by atoms with Gasteiger partial charge in [0.15, 0.2) is 11.5 Å². The minimum atomic E-state index is -0.299. The highest BCUT2D eigenvalue weighted by Gasteiger charge is 2.40. The van der Waals surface area contributed by atoms with Crippen LogP contribution in [-0.2, 0) is 4.79 Å². The molecule has 3 aliphatic rings. The molecule has 2 N–H and O–H groups in total. The normalized spacial score (nSPS) is 23.5. The average Bonchev–Trinajstić information content (AvgIpc) is 3.12. The highest BCUT2D eigenvalue weighted by atomic mass is 19.1. The summed E-state index contributed by atoms with van der Waals surface area (Å²) in [6.07, 6.45) is 1.26. The summed E-state index contributed by atoms with van der Waals surface area (Å²) in [7, 11) is 0. The summed E-state index contributed by atoms with van der Waals surface area (Å²) in [6, 6.07) is 12.1. The molecule has 0 aromatic heterocycles. The fourth-order valence-corrected chi connectivity index (χ4v) is 3.78. The van der Waals surface area contributed by atoms with Crippen LogP contribution < -0.4 is 20.2 Å². The maximum absolute atomic E-state index is 13.7. The minimum absolute atomic E-state index is 0.0643. The van der Waals surface area contributed by atoms with Gasteiger partial charge in [-0.05, 0) is 35.9 Å². The first-order chi connectivity index (χ1) is 13.2. The van der Waals surface area contributed by atoms with Gasteiger partial charge >= 0.3 is 0 Å². The number of hydrogen-bond acceptors (Lipinski definition) is 5. The fourth-order valence-electron chi connectivity index (χ4n) is 3.78. The lowest BCUT2D eigenvalue weighted by Gasteiger charge is -2.33. The van der Waals surface area contributed by atoms with E-state index in [2.05, 4.69) is 10.7 Å². The number of carbonyl (C=O) groups is 1. The van der Waals surface area contributed by atoms with Crippen molar-refractivity contribution in [3.63, 3.8) is 0 Å². The Bertz CT molecular complexity index is 946. The molecular formula is C20H18FN3O3. The smallest absolute Gasteiger partial charge is 0.264 e. The van der Waals surface area contributed by atoms with E-state index in [-0.39, 0.29) is 23.8 Å². The van der Waals surface area contributed by atoms with E-state index in [0.717, 1.165) is 11.1 Å². The molecule has 3 aliphatic heterocycles. The van der Waals surface area contributed by atoms with Gasteiger partial charge in [-0.15, -0.1) is 0 Å². The molecule has 7 heteroatoms. The molecule has 0 bridgehead atoms. The topological polar surface area (TPSA) is 62.8 Å². The van der Waals surface area contributed by atoms with Crippen molar-refractivity contribution < 1.29 is 18.7 Å². The molecule has 5 rings (SSSR count). The van der Waals surface area contributed by atoms with E-state index in [0.29, 0.717) is 37.0 Å². The van der Waals surface area contributed by atoms with Gasteiger partial charge in [-0.3, -0.25) is 9.80 Å². The SMILES string of the molecule is O=C1C=C(c2ccc3c(c2)OCCO3)NC2C(c3cccc(F)c3)CNN12. The van der Waals surface area contributed by atoms with E-state index in [9.17, 15) is 9.18 Å². The third-order valence-corrected chi connectivity index (χ3v) is 5.08. The molecule has 2 aromatic carbocycles. The molecule has 1 saturated heterocycles. The van der Waals surface area contributed by atoms with Crippen LogP contribution in [0.5, 0.6) is 11.5 Å². The molecular weight excluding hydrogens is 349 g/mol. The van der Waals surface area contributed by atoms with Crippen LogP contribution in [0.15, 0.2) is 48.5 Å².